The fraction of sp³-hybridized carbons (Fsp3) is 0.200. The zero-order chi connectivity index (χ0) is 107. The number of phenolic OH excluding ortho intramolecular Hbond substituents is 12. The van der Waals surface area contributed by atoms with E-state index in [4.69, 9.17) is 49.3 Å². The molecule has 1 aromatic heterocycles. The number of nitrogens with one attached hydrogen (secondary N) is 1. The van der Waals surface area contributed by atoms with Gasteiger partial charge in [0.25, 0.3) is 5.69 Å². The summed E-state index contributed by atoms with van der Waals surface area (Å²) in [7, 11) is 1.55. The molecule has 0 fully saturated rings. The Labute approximate surface area is 834 Å². The highest BCUT2D eigenvalue weighted by Gasteiger charge is 2.31. The number of benzene rings is 13. The van der Waals surface area contributed by atoms with Crippen LogP contribution in [0, 0.1) is 37.8 Å². The lowest BCUT2D eigenvalue weighted by Gasteiger charge is -2.26. The van der Waals surface area contributed by atoms with Gasteiger partial charge in [-0.05, 0) is 229 Å². The summed E-state index contributed by atoms with van der Waals surface area (Å²) in [6.45, 7) is 25.1. The van der Waals surface area contributed by atoms with Crippen LogP contribution in [0.5, 0.6) is 92.0 Å². The first-order chi connectivity index (χ1) is 68.2. The van der Waals surface area contributed by atoms with Crippen molar-refractivity contribution in [2.24, 2.45) is 0 Å². The first kappa shape index (κ1) is 115. The van der Waals surface area contributed by atoms with Crippen LogP contribution in [0.2, 0.25) is 0 Å². The Morgan fingerprint density at radius 3 is 1.38 bits per heavy atom. The third-order valence-electron chi connectivity index (χ3n) is 20.9. The topological polar surface area (TPSA) is 496 Å². The van der Waals surface area contributed by atoms with E-state index in [1.165, 1.54) is 86.0 Å². The van der Waals surface area contributed by atoms with Gasteiger partial charge in [-0.1, -0.05) is 176 Å². The van der Waals surface area contributed by atoms with Gasteiger partial charge in [0.15, 0.2) is 40.3 Å². The number of Topliss-reactive ketones (excluding diaryl/α,β-unsaturated/α-hetero) is 6. The molecule has 29 heteroatoms. The van der Waals surface area contributed by atoms with Crippen LogP contribution in [-0.4, -0.2) is 119 Å². The van der Waals surface area contributed by atoms with E-state index in [1.807, 2.05) is 144 Å². The molecule has 2 aliphatic heterocycles. The van der Waals surface area contributed by atoms with Crippen LogP contribution in [-0.2, 0) is 67.3 Å². The number of non-ortho nitro benzene ring substituents is 1. The van der Waals surface area contributed by atoms with Gasteiger partial charge >= 0.3 is 0 Å². The molecular formula is C115H120N2O27. The lowest BCUT2D eigenvalue weighted by molar-refractivity contribution is -0.384. The number of fused-ring (bicyclic) bond motifs is 3. The molecule has 0 radical (unpaired) electrons. The molecule has 13 aromatic carbocycles. The molecule has 2 aliphatic rings. The summed E-state index contributed by atoms with van der Waals surface area (Å²) in [5.74, 6) is 0.940. The third kappa shape index (κ3) is 40.0. The molecule has 0 spiro atoms. The highest BCUT2D eigenvalue weighted by atomic mass is 16.6. The number of methoxy groups -OCH3 is 1. The van der Waals surface area contributed by atoms with Crippen molar-refractivity contribution in [1.82, 2.24) is 0 Å². The van der Waals surface area contributed by atoms with Crippen molar-refractivity contribution in [1.29, 1.82) is 0 Å². The molecule has 144 heavy (non-hydrogen) atoms. The number of nitrogens with zero attached hydrogens (tertiary/aromatic N) is 1. The van der Waals surface area contributed by atoms with Gasteiger partial charge in [0, 0.05) is 98.8 Å². The molecule has 0 saturated heterocycles. The Balaban J connectivity index is 0.000000245. The van der Waals surface area contributed by atoms with Crippen molar-refractivity contribution in [3.63, 3.8) is 0 Å². The van der Waals surface area contributed by atoms with Gasteiger partial charge in [0.2, 0.25) is 22.9 Å². The zero-order valence-corrected chi connectivity index (χ0v) is 82.2. The molecule has 0 unspecified atom stereocenters. The average Bonchev–Trinajstić information content (AvgIpc) is 0.779. The van der Waals surface area contributed by atoms with E-state index in [9.17, 15) is 84.2 Å². The summed E-state index contributed by atoms with van der Waals surface area (Å²) < 4.78 is 21.5. The van der Waals surface area contributed by atoms with E-state index in [1.54, 1.807) is 130 Å². The number of aryl methyl sites for hydroxylation is 8. The number of ketones is 6. The lowest BCUT2D eigenvalue weighted by atomic mass is 9.95. The number of aromatic hydroxyl groups is 13. The monoisotopic (exact) mass is 1960 g/mol. The Morgan fingerprint density at radius 1 is 0.444 bits per heavy atom. The number of anilines is 1. The number of carbonyl (C=O) groups is 7. The van der Waals surface area contributed by atoms with Crippen molar-refractivity contribution in [2.45, 2.75) is 147 Å². The average molecular weight is 1960 g/mol. The number of nitro groups is 1. The van der Waals surface area contributed by atoms with Crippen LogP contribution in [0.3, 0.4) is 0 Å². The predicted octanol–water partition coefficient (Wildman–Crippen LogP) is 22.6. The second-order valence-electron chi connectivity index (χ2n) is 33.2. The summed E-state index contributed by atoms with van der Waals surface area (Å²) in [5.41, 5.74) is 14.4. The summed E-state index contributed by atoms with van der Waals surface area (Å²) in [4.78, 5) is 98.1. The minimum atomic E-state index is -0.746. The number of amides is 1. The van der Waals surface area contributed by atoms with Gasteiger partial charge in [-0.15, -0.1) is 0 Å². The van der Waals surface area contributed by atoms with Gasteiger partial charge in [0.05, 0.1) is 18.5 Å². The number of hydrogen-bond donors (Lipinski definition) is 14. The van der Waals surface area contributed by atoms with Crippen LogP contribution in [0.15, 0.2) is 301 Å². The highest BCUT2D eigenvalue weighted by molar-refractivity contribution is 6.36. The number of allylic oxidation sites excluding steroid dienone is 2. The first-order valence-corrected chi connectivity index (χ1v) is 45.3. The molecule has 14 aromatic rings. The maximum Gasteiger partial charge on any atom is 0.269 e. The molecule has 0 bridgehead atoms. The lowest BCUT2D eigenvalue weighted by Crippen LogP contribution is -2.20. The van der Waals surface area contributed by atoms with Gasteiger partial charge < -0.3 is 99.9 Å². The smallest absolute Gasteiger partial charge is 0.269 e. The number of carbonyl (C=O) groups excluding carboxylic acids is 7. The normalized spacial score (nSPS) is 11.3. The van der Waals surface area contributed by atoms with Crippen molar-refractivity contribution in [3.8, 4) is 103 Å². The zero-order valence-electron chi connectivity index (χ0n) is 82.2. The van der Waals surface area contributed by atoms with E-state index < -0.39 is 39.5 Å². The fourth-order valence-corrected chi connectivity index (χ4v) is 13.0. The van der Waals surface area contributed by atoms with Crippen LogP contribution >= 0.6 is 0 Å². The number of nitro benzene ring substituents is 1. The number of phenols is 12. The van der Waals surface area contributed by atoms with E-state index >= 15 is 0 Å². The van der Waals surface area contributed by atoms with Crippen molar-refractivity contribution < 1.29 is 123 Å². The Bertz CT molecular complexity index is 6720. The number of hydrogen-bond acceptors (Lipinski definition) is 27. The fourth-order valence-electron chi connectivity index (χ4n) is 13.0. The minimum absolute atomic E-state index is 0.00231. The van der Waals surface area contributed by atoms with Crippen LogP contribution in [0.1, 0.15) is 158 Å². The van der Waals surface area contributed by atoms with Crippen LogP contribution < -0.4 is 25.0 Å². The van der Waals surface area contributed by atoms with E-state index in [0.29, 0.717) is 54.3 Å². The summed E-state index contributed by atoms with van der Waals surface area (Å²) >= 11 is 0. The molecule has 16 rings (SSSR count). The molecule has 0 saturated carbocycles. The van der Waals surface area contributed by atoms with E-state index in [-0.39, 0.29) is 133 Å². The summed E-state index contributed by atoms with van der Waals surface area (Å²) in [5, 5.41) is 133. The number of ether oxygens (including phenoxy) is 3. The molecule has 1 amide bonds. The second kappa shape index (κ2) is 57.6. The van der Waals surface area contributed by atoms with Crippen molar-refractivity contribution >= 4 is 68.5 Å². The standard InChI is InChI=1S/C16H12O5.C16H14O4.C11H10O2.C10H10O3.C10H12O3.C10H12O2.C9H11NO.C9H10O2.C9H12O2.C8H10O.C7H7NO2/c1-8-2-4-9(5-3-8)16-15(20)14(19)13-11(18)6-10(17)7-12(13)21-16;1-9-2-4-10(5-3-9)14-8-13(19)16-12(18)6-11(17)7-15(16)20-14;1-7-5-8(2)13-11-6-9(12)3-4-10(7)11;1-7(11)10(13)6-8-2-4-9(12)5-3-8;1-7(11)2-3-8-4-5-9(12)10(13)6-8;1-8(11)2-3-9-4-6-10(12)7-5-9;1-7-3-5-9(6-4-7)10-8(2)11;1-7(10)6-8-2-4-9(11)5-3-8;1-3-7-4-5-8(10)9(6-7)11-2;1-2-7-3-5-8(9)6-4-7;1-6-2-4-7(5-3-6)8(9)10/h2-7,17-18,20H,1H3;2-7,14,17-18H,8H2,1H3;3-6,12H,2H2,1H3;2-5,12H,6H2,1H3;4-6,12-13H,2-3H2,1H3;4-7,12H,2-3H2,1H3;3-6H,1-2H3,(H,10,11);2-5,11H,6H2,1H3;4-6,10H,3H2,1-2H3;3-6,9H,2H2,1H3;2-5H,1H3/t;14-;;;;;;;;;/m.0........./s1. The maximum absolute atomic E-state index is 12.2. The van der Waals surface area contributed by atoms with Gasteiger partial charge in [-0.3, -0.25) is 38.9 Å². The van der Waals surface area contributed by atoms with E-state index in [2.05, 4.69) is 25.7 Å². The highest BCUT2D eigenvalue weighted by Crippen LogP contribution is 2.43. The SMILES string of the molecule is C=C1C=C(C)c2ccc(O)cc2O1.CC(=O)C(=O)Cc1ccc(O)cc1.CC(=O)CCc1ccc(O)c(O)c1.CC(=O)CCc1ccc(O)cc1.CC(=O)Cc1ccc(O)cc1.CC(=O)Nc1ccc(C)cc1.CCc1ccc(O)c(OC)c1.CCc1ccc(O)cc1.Cc1ccc(-c2oc3cc(O)cc(O)c3c(=O)c2O)cc1.Cc1ccc([C@@H]2CC(=O)c3c(O)cc(O)cc3O2)cc1.Cc1ccc([N+](=O)[O-])cc1. The molecule has 0 aliphatic carbocycles. The first-order valence-electron chi connectivity index (χ1n) is 45.3. The predicted molar refractivity (Wildman–Crippen MR) is 553 cm³/mol. The Hall–Kier alpha value is -17.8. The number of rotatable bonds is 18. The Morgan fingerprint density at radius 2 is 0.889 bits per heavy atom. The minimum Gasteiger partial charge on any atom is -0.508 e. The molecule has 752 valence electrons. The molecule has 1 atom stereocenters. The van der Waals surface area contributed by atoms with Crippen LogP contribution in [0.4, 0.5) is 11.4 Å². The summed E-state index contributed by atoms with van der Waals surface area (Å²) in [6, 6.07) is 75.8. The van der Waals surface area contributed by atoms with Crippen molar-refractivity contribution in [2.75, 3.05) is 12.4 Å². The Kier molecular flexibility index (Phi) is 46.0. The van der Waals surface area contributed by atoms with Gasteiger partial charge in [-0.2, -0.15) is 0 Å². The second-order valence-corrected chi connectivity index (χ2v) is 33.2. The molecule has 29 nitrogen and oxygen atoms in total. The van der Waals surface area contributed by atoms with Crippen molar-refractivity contribution in [3.05, 3.63) is 384 Å². The van der Waals surface area contributed by atoms with Gasteiger partial charge in [0.1, 0.15) is 109 Å². The summed E-state index contributed by atoms with van der Waals surface area (Å²) in [6.07, 6.45) is 6.59. The van der Waals surface area contributed by atoms with E-state index in [0.717, 1.165) is 92.7 Å². The largest absolute Gasteiger partial charge is 0.508 e. The maximum atomic E-state index is 12.2. The molecule has 3 heterocycles. The van der Waals surface area contributed by atoms with Crippen LogP contribution in [0.25, 0.3) is 27.9 Å². The molecule has 14 N–H and O–H groups in total. The quantitative estimate of drug-likeness (QED) is 0.0164. The molecular weight excluding hydrogens is 1840 g/mol. The third-order valence-corrected chi connectivity index (χ3v) is 20.9. The van der Waals surface area contributed by atoms with Gasteiger partial charge in [-0.25, -0.2) is 0 Å².